The molecule has 0 saturated heterocycles. The summed E-state index contributed by atoms with van der Waals surface area (Å²) in [5.74, 6) is -0.896. The topological polar surface area (TPSA) is 50.2 Å². The van der Waals surface area contributed by atoms with E-state index in [9.17, 15) is 4.79 Å². The highest BCUT2D eigenvalue weighted by atomic mass is 35.5. The molecule has 1 atom stereocenters. The van der Waals surface area contributed by atoms with Gasteiger partial charge in [-0.05, 0) is 17.7 Å². The van der Waals surface area contributed by atoms with Gasteiger partial charge in [0.15, 0.2) is 0 Å². The van der Waals surface area contributed by atoms with E-state index >= 15 is 0 Å². The Balaban J connectivity index is 2.65. The molecule has 1 aromatic rings. The first-order valence-corrected chi connectivity index (χ1v) is 3.89. The molecule has 0 fully saturated rings. The average molecular weight is 186 g/mol. The summed E-state index contributed by atoms with van der Waals surface area (Å²) in [6.07, 6.45) is 3.12. The van der Waals surface area contributed by atoms with Crippen LogP contribution in [0.2, 0.25) is 0 Å². The Bertz CT molecular complexity index is 263. The van der Waals surface area contributed by atoms with Crippen LogP contribution in [0.25, 0.3) is 0 Å². The van der Waals surface area contributed by atoms with Crippen molar-refractivity contribution in [3.8, 4) is 0 Å². The quantitative estimate of drug-likeness (QED) is 0.731. The van der Waals surface area contributed by atoms with Gasteiger partial charge in [-0.1, -0.05) is 0 Å². The number of carboxylic acid groups (broad SMARTS) is 1. The molecule has 3 nitrogen and oxygen atoms in total. The lowest BCUT2D eigenvalue weighted by Crippen LogP contribution is -2.00. The largest absolute Gasteiger partial charge is 0.481 e. The van der Waals surface area contributed by atoms with E-state index in [0.29, 0.717) is 0 Å². The Labute approximate surface area is 75.0 Å². The molecule has 0 amide bonds. The first-order valence-electron chi connectivity index (χ1n) is 3.46. The number of rotatable bonds is 3. The summed E-state index contributed by atoms with van der Waals surface area (Å²) < 4.78 is 0. The molecule has 0 aromatic carbocycles. The summed E-state index contributed by atoms with van der Waals surface area (Å²) in [7, 11) is 0. The number of carbonyl (C=O) groups is 1. The molecule has 1 rings (SSSR count). The molecule has 12 heavy (non-hydrogen) atoms. The van der Waals surface area contributed by atoms with E-state index in [0.717, 1.165) is 5.56 Å². The number of hydrogen-bond donors (Lipinski definition) is 1. The molecule has 4 heteroatoms. The van der Waals surface area contributed by atoms with Gasteiger partial charge in [-0.15, -0.1) is 11.6 Å². The molecule has 0 saturated carbocycles. The molecule has 0 aliphatic heterocycles. The van der Waals surface area contributed by atoms with Crippen LogP contribution in [0.15, 0.2) is 24.5 Å². The van der Waals surface area contributed by atoms with Crippen LogP contribution in [0.1, 0.15) is 17.4 Å². The Morgan fingerprint density at radius 1 is 1.58 bits per heavy atom. The van der Waals surface area contributed by atoms with E-state index in [2.05, 4.69) is 4.98 Å². The molecule has 1 N–H and O–H groups in total. The Hall–Kier alpha value is -1.09. The molecule has 1 heterocycles. The fourth-order valence-electron chi connectivity index (χ4n) is 0.843. The van der Waals surface area contributed by atoms with Crippen LogP contribution in [0, 0.1) is 0 Å². The van der Waals surface area contributed by atoms with Gasteiger partial charge in [-0.25, -0.2) is 0 Å². The number of nitrogens with zero attached hydrogens (tertiary/aromatic N) is 1. The van der Waals surface area contributed by atoms with Crippen molar-refractivity contribution >= 4 is 17.6 Å². The zero-order chi connectivity index (χ0) is 8.97. The summed E-state index contributed by atoms with van der Waals surface area (Å²) in [5.41, 5.74) is 0.786. The van der Waals surface area contributed by atoms with E-state index in [4.69, 9.17) is 16.7 Å². The van der Waals surface area contributed by atoms with Crippen molar-refractivity contribution in [2.75, 3.05) is 0 Å². The Morgan fingerprint density at radius 2 is 2.17 bits per heavy atom. The molecule has 0 bridgehead atoms. The third kappa shape index (κ3) is 2.51. The van der Waals surface area contributed by atoms with Crippen molar-refractivity contribution in [2.24, 2.45) is 0 Å². The number of aromatic nitrogens is 1. The second kappa shape index (κ2) is 4.07. The van der Waals surface area contributed by atoms with Crippen molar-refractivity contribution in [3.05, 3.63) is 30.1 Å². The predicted molar refractivity (Wildman–Crippen MR) is 45.1 cm³/mol. The third-order valence-electron chi connectivity index (χ3n) is 1.42. The molecule has 64 valence electrons. The van der Waals surface area contributed by atoms with Gasteiger partial charge in [0.1, 0.15) is 0 Å². The number of halogens is 1. The maximum Gasteiger partial charge on any atom is 0.305 e. The predicted octanol–water partition coefficient (Wildman–Crippen LogP) is 1.84. The van der Waals surface area contributed by atoms with Crippen LogP contribution in [0.5, 0.6) is 0 Å². The van der Waals surface area contributed by atoms with Crippen LogP contribution in [0.4, 0.5) is 0 Å². The standard InChI is InChI=1S/C8H8ClNO2/c9-7(5-8(11)12)6-1-3-10-4-2-6/h1-4,7H,5H2,(H,11,12). The van der Waals surface area contributed by atoms with Crippen molar-refractivity contribution in [1.82, 2.24) is 4.98 Å². The van der Waals surface area contributed by atoms with E-state index < -0.39 is 11.3 Å². The molecule has 1 unspecified atom stereocenters. The van der Waals surface area contributed by atoms with Gasteiger partial charge in [0.2, 0.25) is 0 Å². The summed E-state index contributed by atoms with van der Waals surface area (Å²) in [4.78, 5) is 14.1. The first-order chi connectivity index (χ1) is 5.70. The number of alkyl halides is 1. The molecular formula is C8H8ClNO2. The Kier molecular flexibility index (Phi) is 3.05. The first kappa shape index (κ1) is 9.00. The second-order valence-electron chi connectivity index (χ2n) is 2.35. The third-order valence-corrected chi connectivity index (χ3v) is 1.83. The smallest absolute Gasteiger partial charge is 0.305 e. The molecule has 1 aromatic heterocycles. The highest BCUT2D eigenvalue weighted by Gasteiger charge is 2.11. The molecule has 0 aliphatic carbocycles. The van der Waals surface area contributed by atoms with Gasteiger partial charge in [0, 0.05) is 12.4 Å². The van der Waals surface area contributed by atoms with Gasteiger partial charge in [-0.2, -0.15) is 0 Å². The van der Waals surface area contributed by atoms with Gasteiger partial charge < -0.3 is 5.11 Å². The van der Waals surface area contributed by atoms with E-state index in [1.807, 2.05) is 0 Å². The van der Waals surface area contributed by atoms with Crippen LogP contribution in [0.3, 0.4) is 0 Å². The fourth-order valence-corrected chi connectivity index (χ4v) is 1.12. The summed E-state index contributed by atoms with van der Waals surface area (Å²) in [5, 5.41) is 7.98. The van der Waals surface area contributed by atoms with Crippen molar-refractivity contribution in [2.45, 2.75) is 11.8 Å². The summed E-state index contributed by atoms with van der Waals surface area (Å²) in [6.45, 7) is 0. The fraction of sp³-hybridized carbons (Fsp3) is 0.250. The van der Waals surface area contributed by atoms with Crippen LogP contribution in [-0.4, -0.2) is 16.1 Å². The number of carboxylic acids is 1. The van der Waals surface area contributed by atoms with Crippen molar-refractivity contribution in [3.63, 3.8) is 0 Å². The van der Waals surface area contributed by atoms with E-state index in [1.54, 1.807) is 24.5 Å². The zero-order valence-corrected chi connectivity index (χ0v) is 7.03. The SMILES string of the molecule is O=C(O)CC(Cl)c1ccncc1. The monoisotopic (exact) mass is 185 g/mol. The van der Waals surface area contributed by atoms with Crippen LogP contribution >= 0.6 is 11.6 Å². The highest BCUT2D eigenvalue weighted by molar-refractivity contribution is 6.21. The zero-order valence-electron chi connectivity index (χ0n) is 6.27. The lowest BCUT2D eigenvalue weighted by Gasteiger charge is -2.04. The maximum absolute atomic E-state index is 10.3. The summed E-state index contributed by atoms with van der Waals surface area (Å²) >= 11 is 5.79. The Morgan fingerprint density at radius 3 is 2.67 bits per heavy atom. The minimum atomic E-state index is -0.896. The lowest BCUT2D eigenvalue weighted by molar-refractivity contribution is -0.137. The van der Waals surface area contributed by atoms with Gasteiger partial charge in [0.05, 0.1) is 11.8 Å². The van der Waals surface area contributed by atoms with Gasteiger partial charge >= 0.3 is 5.97 Å². The number of hydrogen-bond acceptors (Lipinski definition) is 2. The maximum atomic E-state index is 10.3. The number of aliphatic carboxylic acids is 1. The minimum Gasteiger partial charge on any atom is -0.481 e. The molecule has 0 aliphatic rings. The number of pyridine rings is 1. The van der Waals surface area contributed by atoms with Crippen LogP contribution in [-0.2, 0) is 4.79 Å². The molecule has 0 radical (unpaired) electrons. The lowest BCUT2D eigenvalue weighted by atomic mass is 10.1. The van der Waals surface area contributed by atoms with Crippen molar-refractivity contribution < 1.29 is 9.90 Å². The van der Waals surface area contributed by atoms with E-state index in [1.165, 1.54) is 0 Å². The van der Waals surface area contributed by atoms with E-state index in [-0.39, 0.29) is 6.42 Å². The average Bonchev–Trinajstić information content (AvgIpc) is 2.05. The highest BCUT2D eigenvalue weighted by Crippen LogP contribution is 2.22. The second-order valence-corrected chi connectivity index (χ2v) is 2.87. The minimum absolute atomic E-state index is 0.0639. The molecular weight excluding hydrogens is 178 g/mol. The molecule has 0 spiro atoms. The van der Waals surface area contributed by atoms with Crippen LogP contribution < -0.4 is 0 Å². The van der Waals surface area contributed by atoms with Gasteiger partial charge in [-0.3, -0.25) is 9.78 Å². The van der Waals surface area contributed by atoms with Crippen molar-refractivity contribution in [1.29, 1.82) is 0 Å². The van der Waals surface area contributed by atoms with Gasteiger partial charge in [0.25, 0.3) is 0 Å². The summed E-state index contributed by atoms with van der Waals surface area (Å²) in [6, 6.07) is 3.42. The normalized spacial score (nSPS) is 12.4.